The van der Waals surface area contributed by atoms with Crippen molar-refractivity contribution in [3.63, 3.8) is 0 Å². The van der Waals surface area contributed by atoms with Gasteiger partial charge in [0.15, 0.2) is 0 Å². The molecule has 2 aliphatic heterocycles. The molecular weight excluding hydrogens is 268 g/mol. The molecule has 2 saturated heterocycles. The summed E-state index contributed by atoms with van der Waals surface area (Å²) >= 11 is 0. The molecule has 2 rings (SSSR count). The van der Waals surface area contributed by atoms with E-state index in [9.17, 15) is 0 Å². The van der Waals surface area contributed by atoms with Crippen LogP contribution >= 0.6 is 0 Å². The molecule has 0 saturated carbocycles. The van der Waals surface area contributed by atoms with Crippen molar-refractivity contribution in [3.8, 4) is 0 Å². The minimum atomic E-state index is 0.686. The predicted octanol–water partition coefficient (Wildman–Crippen LogP) is 2.60. The molecule has 0 spiro atoms. The Balaban J connectivity index is 1.61. The predicted molar refractivity (Wildman–Crippen MR) is 98.6 cm³/mol. The smallest absolute Gasteiger partial charge is 0.211 e. The third kappa shape index (κ3) is 6.25. The summed E-state index contributed by atoms with van der Waals surface area (Å²) in [6, 6.07) is 0. The van der Waals surface area contributed by atoms with Crippen LogP contribution in [-0.4, -0.2) is 75.2 Å². The Kier molecular flexibility index (Phi) is 7.79. The van der Waals surface area contributed by atoms with Gasteiger partial charge in [-0.3, -0.25) is 0 Å². The van der Waals surface area contributed by atoms with Gasteiger partial charge in [0.1, 0.15) is 0 Å². The van der Waals surface area contributed by atoms with Crippen LogP contribution < -0.4 is 0 Å². The zero-order valence-electron chi connectivity index (χ0n) is 15.3. The van der Waals surface area contributed by atoms with Crippen LogP contribution in [0.1, 0.15) is 47.0 Å². The Morgan fingerprint density at radius 2 is 1.45 bits per heavy atom. The summed E-state index contributed by atoms with van der Waals surface area (Å²) < 4.78 is 0. The third-order valence-electron chi connectivity index (χ3n) is 5.19. The summed E-state index contributed by atoms with van der Waals surface area (Å²) in [4.78, 5) is 7.79. The second-order valence-corrected chi connectivity index (χ2v) is 7.74. The fourth-order valence-corrected chi connectivity index (χ4v) is 3.63. The molecule has 2 fully saturated rings. The molecule has 2 heterocycles. The molecule has 0 amide bonds. The van der Waals surface area contributed by atoms with E-state index in [1.54, 1.807) is 0 Å². The normalized spacial score (nSPS) is 24.6. The number of piperazine rings is 1. The first kappa shape index (κ1) is 18.3. The van der Waals surface area contributed by atoms with Crippen molar-refractivity contribution in [3.05, 3.63) is 0 Å². The van der Waals surface area contributed by atoms with E-state index in [1.807, 2.05) is 0 Å². The van der Waals surface area contributed by atoms with Crippen LogP contribution in [0.5, 0.6) is 0 Å². The first-order chi connectivity index (χ1) is 10.6. The highest BCUT2D eigenvalue weighted by atomic mass is 15.2. The van der Waals surface area contributed by atoms with Crippen molar-refractivity contribution in [1.82, 2.24) is 14.5 Å². The van der Waals surface area contributed by atoms with Crippen molar-refractivity contribution in [2.24, 2.45) is 5.92 Å². The van der Waals surface area contributed by atoms with Crippen LogP contribution in [0.4, 0.5) is 0 Å². The number of rotatable bonds is 7. The van der Waals surface area contributed by atoms with E-state index in [2.05, 4.69) is 57.0 Å². The molecule has 3 nitrogen and oxygen atoms in total. The van der Waals surface area contributed by atoms with E-state index in [1.165, 1.54) is 65.1 Å². The second kappa shape index (κ2) is 9.34. The van der Waals surface area contributed by atoms with Gasteiger partial charge in [0.25, 0.3) is 0 Å². The lowest BCUT2D eigenvalue weighted by atomic mass is 9.73. The van der Waals surface area contributed by atoms with Crippen molar-refractivity contribution >= 4 is 14.8 Å². The first-order valence-electron chi connectivity index (χ1n) is 9.47. The topological polar surface area (TPSA) is 9.72 Å². The lowest BCUT2D eigenvalue weighted by Crippen LogP contribution is -2.50. The van der Waals surface area contributed by atoms with Gasteiger partial charge in [-0.25, -0.2) is 0 Å². The molecule has 1 unspecified atom stereocenters. The molecule has 0 aromatic rings. The molecular formula is C17H35B2N3. The van der Waals surface area contributed by atoms with Crippen LogP contribution in [0.2, 0.25) is 11.6 Å². The van der Waals surface area contributed by atoms with Crippen LogP contribution in [0.15, 0.2) is 0 Å². The van der Waals surface area contributed by atoms with E-state index >= 15 is 0 Å². The van der Waals surface area contributed by atoms with E-state index in [-0.39, 0.29) is 0 Å². The molecule has 2 radical (unpaired) electrons. The van der Waals surface area contributed by atoms with Crippen molar-refractivity contribution in [2.45, 2.75) is 58.6 Å². The van der Waals surface area contributed by atoms with Crippen LogP contribution in [-0.2, 0) is 0 Å². The molecule has 0 aromatic heterocycles. The summed E-state index contributed by atoms with van der Waals surface area (Å²) in [6.45, 7) is 18.0. The van der Waals surface area contributed by atoms with Gasteiger partial charge in [-0.15, -0.1) is 0 Å². The molecule has 0 aliphatic carbocycles. The minimum Gasteiger partial charge on any atom is -0.346 e. The highest BCUT2D eigenvalue weighted by Gasteiger charge is 2.24. The summed E-state index contributed by atoms with van der Waals surface area (Å²) in [5.41, 5.74) is 0. The highest BCUT2D eigenvalue weighted by Crippen LogP contribution is 2.20. The monoisotopic (exact) mass is 303 g/mol. The average Bonchev–Trinajstić information content (AvgIpc) is 2.50. The van der Waals surface area contributed by atoms with E-state index in [4.69, 9.17) is 0 Å². The van der Waals surface area contributed by atoms with Crippen molar-refractivity contribution in [1.29, 1.82) is 0 Å². The van der Waals surface area contributed by atoms with E-state index in [0.717, 1.165) is 11.7 Å². The first-order valence-corrected chi connectivity index (χ1v) is 9.47. The number of piperidine rings is 1. The summed E-state index contributed by atoms with van der Waals surface area (Å²) in [7, 11) is 4.87. The van der Waals surface area contributed by atoms with E-state index < -0.39 is 0 Å². The van der Waals surface area contributed by atoms with Gasteiger partial charge in [-0.2, -0.15) is 0 Å². The Bertz CT molecular complexity index is 298. The average molecular weight is 303 g/mol. The van der Waals surface area contributed by atoms with Gasteiger partial charge in [-0.05, 0) is 44.9 Å². The number of hydrogen-bond acceptors (Lipinski definition) is 3. The molecule has 1 atom stereocenters. The largest absolute Gasteiger partial charge is 0.346 e. The summed E-state index contributed by atoms with van der Waals surface area (Å²) in [5, 5.41) is 0. The molecule has 0 bridgehead atoms. The molecule has 22 heavy (non-hydrogen) atoms. The van der Waals surface area contributed by atoms with Crippen LogP contribution in [0.3, 0.4) is 0 Å². The molecule has 0 N–H and O–H groups in total. The maximum atomic E-state index is 2.70. The van der Waals surface area contributed by atoms with Gasteiger partial charge in [0, 0.05) is 19.6 Å². The number of hydrogen-bond donors (Lipinski definition) is 0. The van der Waals surface area contributed by atoms with Crippen molar-refractivity contribution in [2.75, 3.05) is 45.8 Å². The second-order valence-electron chi connectivity index (χ2n) is 7.74. The van der Waals surface area contributed by atoms with Crippen molar-refractivity contribution < 1.29 is 0 Å². The van der Waals surface area contributed by atoms with E-state index in [0.29, 0.717) is 5.82 Å². The Morgan fingerprint density at radius 1 is 0.864 bits per heavy atom. The fourth-order valence-electron chi connectivity index (χ4n) is 3.63. The Morgan fingerprint density at radius 3 is 2.00 bits per heavy atom. The maximum absolute atomic E-state index is 2.70. The SMILES string of the molecule is CCC(C)[B]N1CCN(CC2CCN([B]C(C)C)CC2)CC1. The van der Waals surface area contributed by atoms with Gasteiger partial charge in [0.2, 0.25) is 14.8 Å². The lowest BCUT2D eigenvalue weighted by molar-refractivity contribution is 0.140. The van der Waals surface area contributed by atoms with Crippen LogP contribution in [0.25, 0.3) is 0 Å². The third-order valence-corrected chi connectivity index (χ3v) is 5.19. The molecule has 124 valence electrons. The summed E-state index contributed by atoms with van der Waals surface area (Å²) in [5.74, 6) is 2.33. The quantitative estimate of drug-likeness (QED) is 0.669. The zero-order chi connectivity index (χ0) is 15.9. The lowest BCUT2D eigenvalue weighted by Gasteiger charge is -2.39. The Hall–Kier alpha value is 0.00987. The Labute approximate surface area is 140 Å². The summed E-state index contributed by atoms with van der Waals surface area (Å²) in [6.07, 6.45) is 4.01. The maximum Gasteiger partial charge on any atom is 0.211 e. The van der Waals surface area contributed by atoms with Gasteiger partial charge >= 0.3 is 0 Å². The standard InChI is InChI=1S/C17H35B2N3/c1-5-16(4)19-22-12-10-20(11-13-22)14-17-6-8-21(9-7-17)18-15(2)3/h15-17H,5-14H2,1-4H3. The zero-order valence-corrected chi connectivity index (χ0v) is 15.3. The van der Waals surface area contributed by atoms with Gasteiger partial charge in [-0.1, -0.05) is 45.8 Å². The van der Waals surface area contributed by atoms with Gasteiger partial charge < -0.3 is 14.5 Å². The highest BCUT2D eigenvalue weighted by molar-refractivity contribution is 6.34. The molecule has 2 aliphatic rings. The number of nitrogens with zero attached hydrogens (tertiary/aromatic N) is 3. The molecule has 0 aromatic carbocycles. The van der Waals surface area contributed by atoms with Gasteiger partial charge in [0.05, 0.1) is 0 Å². The minimum absolute atomic E-state index is 0.686. The fraction of sp³-hybridized carbons (Fsp3) is 1.00. The molecule has 5 heteroatoms. The van der Waals surface area contributed by atoms with Crippen LogP contribution in [0, 0.1) is 5.92 Å².